The van der Waals surface area contributed by atoms with Gasteiger partial charge in [-0.05, 0) is 0 Å². The average molecular weight is 449 g/mol. The van der Waals surface area contributed by atoms with Gasteiger partial charge in [0.1, 0.15) is 0 Å². The zero-order valence-electron chi connectivity index (χ0n) is 14.8. The third-order valence-corrected chi connectivity index (χ3v) is 14.6. The van der Waals surface area contributed by atoms with Crippen LogP contribution >= 0.6 is 0 Å². The Morgan fingerprint density at radius 1 is 0.880 bits per heavy atom. The van der Waals surface area contributed by atoms with E-state index in [1.165, 1.54) is 11.1 Å². The smallest absolute Gasteiger partial charge is 1.00 e. The van der Waals surface area contributed by atoms with Crippen LogP contribution in [0.5, 0.6) is 0 Å². The van der Waals surface area contributed by atoms with E-state index in [9.17, 15) is 0 Å². The maximum absolute atomic E-state index is 2.51. The molecule has 3 heteroatoms. The Labute approximate surface area is 171 Å². The number of fused-ring (bicyclic) bond motifs is 2. The molecule has 2 aliphatic carbocycles. The van der Waals surface area contributed by atoms with Crippen LogP contribution in [0.2, 0.25) is 0 Å². The zero-order chi connectivity index (χ0) is 16.0. The van der Waals surface area contributed by atoms with E-state index in [0.717, 1.165) is 0 Å². The van der Waals surface area contributed by atoms with Crippen molar-refractivity contribution in [2.24, 2.45) is 0 Å². The van der Waals surface area contributed by atoms with Gasteiger partial charge in [-0.3, -0.25) is 0 Å². The molecule has 2 aromatic rings. The molecule has 0 bridgehead atoms. The van der Waals surface area contributed by atoms with E-state index in [0.29, 0.717) is 3.63 Å². The number of hydrogen-bond donors (Lipinski definition) is 0. The summed E-state index contributed by atoms with van der Waals surface area (Å²) in [5.74, 6) is 0. The first-order chi connectivity index (χ1) is 11.1. The first-order valence-electron chi connectivity index (χ1n) is 8.35. The fourth-order valence-corrected chi connectivity index (χ4v) is 14.1. The molecule has 0 spiro atoms. The van der Waals surface area contributed by atoms with Crippen LogP contribution in [0.1, 0.15) is 46.7 Å². The number of benzene rings is 2. The summed E-state index contributed by atoms with van der Waals surface area (Å²) < 4.78 is 2.60. The predicted molar refractivity (Wildman–Crippen MR) is 97.4 cm³/mol. The van der Waals surface area contributed by atoms with Crippen molar-refractivity contribution in [3.05, 3.63) is 82.9 Å². The molecule has 0 heterocycles. The van der Waals surface area contributed by atoms with Crippen molar-refractivity contribution in [2.75, 3.05) is 0 Å². The molecule has 2 atom stereocenters. The van der Waals surface area contributed by atoms with E-state index in [2.05, 4.69) is 93.6 Å². The Kier molecular flexibility index (Phi) is 6.47. The van der Waals surface area contributed by atoms with E-state index < -0.39 is 21.3 Å². The van der Waals surface area contributed by atoms with Gasteiger partial charge in [0.05, 0.1) is 0 Å². The minimum absolute atomic E-state index is 0. The normalized spacial score (nSPS) is 21.4. The van der Waals surface area contributed by atoms with Gasteiger partial charge in [0.25, 0.3) is 0 Å². The summed E-state index contributed by atoms with van der Waals surface area (Å²) in [5.41, 5.74) is 5.95. The molecule has 0 aliphatic heterocycles. The van der Waals surface area contributed by atoms with Gasteiger partial charge in [-0.1, -0.05) is 0 Å². The van der Waals surface area contributed by atoms with E-state index in [1.807, 2.05) is 0 Å². The maximum Gasteiger partial charge on any atom is -1.00 e. The number of allylic oxidation sites excluding steroid dienone is 2. The van der Waals surface area contributed by atoms with Gasteiger partial charge in [-0.2, -0.15) is 0 Å². The molecule has 0 nitrogen and oxygen atoms in total. The van der Waals surface area contributed by atoms with Crippen LogP contribution in [-0.4, -0.2) is 3.21 Å². The first-order valence-corrected chi connectivity index (χ1v) is 12.2. The molecule has 0 radical (unpaired) electrons. The number of rotatable bonds is 2. The average Bonchev–Trinajstić information content (AvgIpc) is 3.11. The topological polar surface area (TPSA) is 0 Å². The second-order valence-electron chi connectivity index (χ2n) is 7.00. The fraction of sp³-hybridized carbons (Fsp3) is 0.227. The summed E-state index contributed by atoms with van der Waals surface area (Å²) in [6.07, 6.45) is 9.70. The first kappa shape index (κ1) is 20.6. The van der Waals surface area contributed by atoms with E-state index >= 15 is 0 Å². The van der Waals surface area contributed by atoms with E-state index in [-0.39, 0.29) is 27.9 Å². The Hall–Kier alpha value is -0.747. The fourth-order valence-electron chi connectivity index (χ4n) is 4.35. The van der Waals surface area contributed by atoms with Gasteiger partial charge in [0.2, 0.25) is 0 Å². The molecule has 0 fully saturated rings. The molecule has 0 amide bonds. The molecular weight excluding hydrogens is 426 g/mol. The van der Waals surface area contributed by atoms with Gasteiger partial charge >= 0.3 is 147 Å². The Morgan fingerprint density at radius 3 is 2.24 bits per heavy atom. The molecule has 0 saturated carbocycles. The van der Waals surface area contributed by atoms with Crippen molar-refractivity contribution in [1.82, 2.24) is 0 Å². The molecular formula is C22H22Cl2Zr. The standard InChI is InChI=1S/C10H9.C9H7.C3H6.2ClH.Zr/c1-8-6-7-9-4-2-3-5-10(8)9;1-2-5-9-7-3-6-8(9)4-1;1-3-2;;;/h2-7H,1H3;1-7H;1-2H3;2*1H;/q;;;;;+2/p-2. The largest absolute Gasteiger partial charge is 1.00 e. The van der Waals surface area contributed by atoms with Crippen LogP contribution in [0.15, 0.2) is 60.7 Å². The van der Waals surface area contributed by atoms with Gasteiger partial charge in [-0.25, -0.2) is 0 Å². The molecule has 128 valence electrons. The molecule has 0 saturated heterocycles. The van der Waals surface area contributed by atoms with Gasteiger partial charge in [0.15, 0.2) is 0 Å². The quantitative estimate of drug-likeness (QED) is 0.583. The van der Waals surface area contributed by atoms with Gasteiger partial charge < -0.3 is 24.8 Å². The van der Waals surface area contributed by atoms with Crippen LogP contribution in [0.4, 0.5) is 0 Å². The summed E-state index contributed by atoms with van der Waals surface area (Å²) >= 11 is -1.98. The molecule has 2 aliphatic rings. The van der Waals surface area contributed by atoms with Crippen LogP contribution in [-0.2, 0) is 24.4 Å². The van der Waals surface area contributed by atoms with E-state index in [4.69, 9.17) is 0 Å². The van der Waals surface area contributed by atoms with Crippen LogP contribution in [0, 0.1) is 0 Å². The molecule has 0 N–H and O–H groups in total. The van der Waals surface area contributed by atoms with Gasteiger partial charge in [0, 0.05) is 0 Å². The summed E-state index contributed by atoms with van der Waals surface area (Å²) in [6.45, 7) is 7.25. The zero-order valence-corrected chi connectivity index (χ0v) is 18.7. The van der Waals surface area contributed by atoms with Crippen molar-refractivity contribution in [1.29, 1.82) is 0 Å². The second kappa shape index (κ2) is 7.87. The second-order valence-corrected chi connectivity index (χ2v) is 15.6. The third kappa shape index (κ3) is 3.32. The van der Waals surface area contributed by atoms with Gasteiger partial charge in [-0.15, -0.1) is 0 Å². The summed E-state index contributed by atoms with van der Waals surface area (Å²) in [4.78, 5) is 0. The molecule has 2 unspecified atom stereocenters. The summed E-state index contributed by atoms with van der Waals surface area (Å²) in [6, 6.07) is 17.9. The number of hydrogen-bond acceptors (Lipinski definition) is 0. The summed E-state index contributed by atoms with van der Waals surface area (Å²) in [7, 11) is 0. The third-order valence-electron chi connectivity index (χ3n) is 5.33. The Bertz CT molecular complexity index is 875. The minimum Gasteiger partial charge on any atom is -1.00 e. The molecule has 2 aromatic carbocycles. The summed E-state index contributed by atoms with van der Waals surface area (Å²) in [5, 5.41) is 0. The van der Waals surface area contributed by atoms with Crippen LogP contribution < -0.4 is 24.8 Å². The van der Waals surface area contributed by atoms with Crippen LogP contribution in [0.3, 0.4) is 0 Å². The predicted octanol–water partition coefficient (Wildman–Crippen LogP) is -0.465. The molecule has 0 aromatic heterocycles. The van der Waals surface area contributed by atoms with Crippen molar-refractivity contribution in [2.45, 2.75) is 27.5 Å². The minimum atomic E-state index is -1.98. The van der Waals surface area contributed by atoms with Crippen molar-refractivity contribution >= 4 is 15.4 Å². The Morgan fingerprint density at radius 2 is 1.52 bits per heavy atom. The monoisotopic (exact) mass is 446 g/mol. The number of halogens is 2. The Balaban J connectivity index is 0.00000113. The van der Waals surface area contributed by atoms with Crippen molar-refractivity contribution in [3.63, 3.8) is 0 Å². The van der Waals surface area contributed by atoms with Crippen molar-refractivity contribution < 1.29 is 46.1 Å². The van der Waals surface area contributed by atoms with Crippen LogP contribution in [0.25, 0.3) is 12.2 Å². The molecule has 4 rings (SSSR count). The van der Waals surface area contributed by atoms with E-state index in [1.54, 1.807) is 14.3 Å². The maximum atomic E-state index is 2.51. The molecule has 25 heavy (non-hydrogen) atoms. The SMILES string of the molecule is C[C](C)=[Zr+2]([CH]1C=Cc2ccccc21)[C]1(C)C=Cc2ccccc21.[Cl-].[Cl-]. The van der Waals surface area contributed by atoms with Crippen molar-refractivity contribution in [3.8, 4) is 0 Å².